The molecule has 0 unspecified atom stereocenters. The Bertz CT molecular complexity index is 339. The lowest BCUT2D eigenvalue weighted by Crippen LogP contribution is -2.23. The Kier molecular flexibility index (Phi) is 8.07. The molecule has 0 amide bonds. The third kappa shape index (κ3) is 7.06. The first-order valence-corrected chi connectivity index (χ1v) is 7.32. The standard InChI is InChI=1S/C16H27NO2/c1-4-12-18-15-9-5-6-10-16(15)19-13-8-7-11-17-14(2)3/h5-6,9-10,14,17H,4,7-8,11-13H2,1-3H3. The number of nitrogens with one attached hydrogen (secondary N) is 1. The summed E-state index contributed by atoms with van der Waals surface area (Å²) in [6.07, 6.45) is 3.20. The van der Waals surface area contributed by atoms with Crippen molar-refractivity contribution in [3.05, 3.63) is 24.3 Å². The molecule has 0 saturated heterocycles. The predicted octanol–water partition coefficient (Wildman–Crippen LogP) is 3.63. The minimum atomic E-state index is 0.559. The molecular formula is C16H27NO2. The van der Waals surface area contributed by atoms with Crippen molar-refractivity contribution in [1.29, 1.82) is 0 Å². The number of hydrogen-bond donors (Lipinski definition) is 1. The van der Waals surface area contributed by atoms with Crippen molar-refractivity contribution in [2.24, 2.45) is 0 Å². The summed E-state index contributed by atoms with van der Waals surface area (Å²) >= 11 is 0. The highest BCUT2D eigenvalue weighted by molar-refractivity contribution is 5.39. The molecule has 0 bridgehead atoms. The third-order valence-corrected chi connectivity index (χ3v) is 2.69. The van der Waals surface area contributed by atoms with Crippen LogP contribution in [0.3, 0.4) is 0 Å². The first-order chi connectivity index (χ1) is 9.24. The summed E-state index contributed by atoms with van der Waals surface area (Å²) in [5.74, 6) is 1.71. The monoisotopic (exact) mass is 265 g/mol. The average molecular weight is 265 g/mol. The maximum absolute atomic E-state index is 5.79. The molecule has 3 nitrogen and oxygen atoms in total. The smallest absolute Gasteiger partial charge is 0.161 e. The molecule has 0 radical (unpaired) electrons. The molecule has 3 heteroatoms. The normalized spacial score (nSPS) is 10.7. The number of para-hydroxylation sites is 2. The molecule has 0 aromatic heterocycles. The van der Waals surface area contributed by atoms with Gasteiger partial charge in [0.15, 0.2) is 11.5 Å². The molecule has 0 atom stereocenters. The van der Waals surface area contributed by atoms with Crippen LogP contribution in [0.15, 0.2) is 24.3 Å². The molecule has 0 fully saturated rings. The van der Waals surface area contributed by atoms with Gasteiger partial charge in [0.2, 0.25) is 0 Å². The van der Waals surface area contributed by atoms with Gasteiger partial charge in [-0.05, 0) is 37.9 Å². The van der Waals surface area contributed by atoms with Crippen molar-refractivity contribution in [2.45, 2.75) is 46.1 Å². The maximum Gasteiger partial charge on any atom is 0.161 e. The molecule has 0 aliphatic heterocycles. The van der Waals surface area contributed by atoms with Crippen molar-refractivity contribution in [3.8, 4) is 11.5 Å². The summed E-state index contributed by atoms with van der Waals surface area (Å²) in [7, 11) is 0. The Morgan fingerprint density at radius 3 is 2.21 bits per heavy atom. The topological polar surface area (TPSA) is 30.5 Å². The lowest BCUT2D eigenvalue weighted by molar-refractivity contribution is 0.263. The molecular weight excluding hydrogens is 238 g/mol. The Labute approximate surface area is 117 Å². The van der Waals surface area contributed by atoms with Crippen molar-refractivity contribution >= 4 is 0 Å². The van der Waals surface area contributed by atoms with E-state index in [-0.39, 0.29) is 0 Å². The van der Waals surface area contributed by atoms with Crippen LogP contribution in [0, 0.1) is 0 Å². The Balaban J connectivity index is 2.24. The number of ether oxygens (including phenoxy) is 2. The molecule has 0 saturated carbocycles. The largest absolute Gasteiger partial charge is 0.490 e. The molecule has 1 aromatic carbocycles. The van der Waals surface area contributed by atoms with Crippen LogP contribution in [0.25, 0.3) is 0 Å². The molecule has 1 N–H and O–H groups in total. The molecule has 108 valence electrons. The van der Waals surface area contributed by atoms with Crippen molar-refractivity contribution in [2.75, 3.05) is 19.8 Å². The van der Waals surface area contributed by atoms with Crippen LogP contribution in [0.4, 0.5) is 0 Å². The number of rotatable bonds is 10. The minimum Gasteiger partial charge on any atom is -0.490 e. The van der Waals surface area contributed by atoms with Crippen molar-refractivity contribution in [3.63, 3.8) is 0 Å². The third-order valence-electron chi connectivity index (χ3n) is 2.69. The first-order valence-electron chi connectivity index (χ1n) is 7.32. The van der Waals surface area contributed by atoms with Gasteiger partial charge in [-0.3, -0.25) is 0 Å². The zero-order valence-electron chi connectivity index (χ0n) is 12.4. The molecule has 0 heterocycles. The Morgan fingerprint density at radius 2 is 1.63 bits per heavy atom. The SMILES string of the molecule is CCCOc1ccccc1OCCCCNC(C)C. The van der Waals surface area contributed by atoms with E-state index in [4.69, 9.17) is 9.47 Å². The second-order valence-corrected chi connectivity index (χ2v) is 4.96. The van der Waals surface area contributed by atoms with E-state index >= 15 is 0 Å². The van der Waals surface area contributed by atoms with Gasteiger partial charge in [0, 0.05) is 6.04 Å². The zero-order chi connectivity index (χ0) is 13.9. The van der Waals surface area contributed by atoms with Crippen LogP contribution in [0.1, 0.15) is 40.0 Å². The van der Waals surface area contributed by atoms with Gasteiger partial charge in [0.1, 0.15) is 0 Å². The van der Waals surface area contributed by atoms with Gasteiger partial charge in [-0.25, -0.2) is 0 Å². The number of benzene rings is 1. The van der Waals surface area contributed by atoms with Gasteiger partial charge in [-0.1, -0.05) is 32.9 Å². The van der Waals surface area contributed by atoms with E-state index in [1.54, 1.807) is 0 Å². The van der Waals surface area contributed by atoms with Crippen molar-refractivity contribution in [1.82, 2.24) is 5.32 Å². The second kappa shape index (κ2) is 9.68. The highest BCUT2D eigenvalue weighted by atomic mass is 16.5. The summed E-state index contributed by atoms with van der Waals surface area (Å²) in [4.78, 5) is 0. The highest BCUT2D eigenvalue weighted by Gasteiger charge is 2.03. The van der Waals surface area contributed by atoms with Gasteiger partial charge in [0.25, 0.3) is 0 Å². The van der Waals surface area contributed by atoms with Gasteiger partial charge in [-0.2, -0.15) is 0 Å². The molecule has 0 aliphatic rings. The fraction of sp³-hybridized carbons (Fsp3) is 0.625. The summed E-state index contributed by atoms with van der Waals surface area (Å²) < 4.78 is 11.4. The number of hydrogen-bond acceptors (Lipinski definition) is 3. The quantitative estimate of drug-likeness (QED) is 0.655. The average Bonchev–Trinajstić information content (AvgIpc) is 2.41. The van der Waals surface area contributed by atoms with Crippen LogP contribution < -0.4 is 14.8 Å². The zero-order valence-corrected chi connectivity index (χ0v) is 12.4. The van der Waals surface area contributed by atoms with E-state index in [0.29, 0.717) is 6.04 Å². The van der Waals surface area contributed by atoms with Gasteiger partial charge >= 0.3 is 0 Å². The first kappa shape index (κ1) is 15.8. The van der Waals surface area contributed by atoms with E-state index in [1.807, 2.05) is 24.3 Å². The van der Waals surface area contributed by atoms with Gasteiger partial charge in [0.05, 0.1) is 13.2 Å². The second-order valence-electron chi connectivity index (χ2n) is 4.96. The fourth-order valence-corrected chi connectivity index (χ4v) is 1.70. The molecule has 1 aromatic rings. The summed E-state index contributed by atoms with van der Waals surface area (Å²) in [6.45, 7) is 8.96. The van der Waals surface area contributed by atoms with E-state index in [2.05, 4.69) is 26.1 Å². The molecule has 0 aliphatic carbocycles. The summed E-state index contributed by atoms with van der Waals surface area (Å²) in [6, 6.07) is 8.45. The van der Waals surface area contributed by atoms with E-state index in [9.17, 15) is 0 Å². The van der Waals surface area contributed by atoms with Gasteiger partial charge in [-0.15, -0.1) is 0 Å². The van der Waals surface area contributed by atoms with Crippen LogP contribution in [0.2, 0.25) is 0 Å². The number of unbranched alkanes of at least 4 members (excludes halogenated alkanes) is 1. The van der Waals surface area contributed by atoms with Crippen LogP contribution in [0.5, 0.6) is 11.5 Å². The van der Waals surface area contributed by atoms with Crippen LogP contribution in [-0.4, -0.2) is 25.8 Å². The van der Waals surface area contributed by atoms with E-state index < -0.39 is 0 Å². The highest BCUT2D eigenvalue weighted by Crippen LogP contribution is 2.26. The fourth-order valence-electron chi connectivity index (χ4n) is 1.70. The van der Waals surface area contributed by atoms with E-state index in [0.717, 1.165) is 50.5 Å². The molecule has 0 spiro atoms. The van der Waals surface area contributed by atoms with Crippen molar-refractivity contribution < 1.29 is 9.47 Å². The van der Waals surface area contributed by atoms with Gasteiger partial charge < -0.3 is 14.8 Å². The lowest BCUT2D eigenvalue weighted by atomic mass is 10.3. The van der Waals surface area contributed by atoms with Crippen LogP contribution >= 0.6 is 0 Å². The predicted molar refractivity (Wildman–Crippen MR) is 80.1 cm³/mol. The minimum absolute atomic E-state index is 0.559. The van der Waals surface area contributed by atoms with Crippen LogP contribution in [-0.2, 0) is 0 Å². The lowest BCUT2D eigenvalue weighted by Gasteiger charge is -2.12. The molecule has 19 heavy (non-hydrogen) atoms. The summed E-state index contributed by atoms with van der Waals surface area (Å²) in [5, 5.41) is 3.40. The maximum atomic E-state index is 5.79. The van der Waals surface area contributed by atoms with E-state index in [1.165, 1.54) is 0 Å². The molecule has 1 rings (SSSR count). The summed E-state index contributed by atoms with van der Waals surface area (Å²) in [5.41, 5.74) is 0. The Hall–Kier alpha value is -1.22. The Morgan fingerprint density at radius 1 is 1.00 bits per heavy atom.